The topological polar surface area (TPSA) is 50.7 Å². The van der Waals surface area contributed by atoms with Crippen molar-refractivity contribution in [1.82, 2.24) is 5.32 Å². The molecule has 1 fully saturated rings. The molecular weight excluding hydrogens is 290 g/mol. The maximum atomic E-state index is 9.95. The third kappa shape index (κ3) is 5.83. The van der Waals surface area contributed by atoms with Crippen LogP contribution in [0.4, 0.5) is 0 Å². The first-order valence-corrected chi connectivity index (χ1v) is 7.80. The van der Waals surface area contributed by atoms with Crippen molar-refractivity contribution in [2.45, 2.75) is 25.9 Å². The summed E-state index contributed by atoms with van der Waals surface area (Å²) >= 11 is 5.88. The van der Waals surface area contributed by atoms with Gasteiger partial charge >= 0.3 is 0 Å². The summed E-state index contributed by atoms with van der Waals surface area (Å²) in [5.74, 6) is 0.679. The monoisotopic (exact) mass is 313 g/mol. The zero-order valence-corrected chi connectivity index (χ0v) is 13.2. The Kier molecular flexibility index (Phi) is 6.30. The Hall–Kier alpha value is -0.810. The highest BCUT2D eigenvalue weighted by Gasteiger charge is 2.26. The fraction of sp³-hybridized carbons (Fsp3) is 0.625. The standard InChI is InChI=1S/C16H24ClNO3/c1-16(5-7-20-8-6-16)12-18-10-14(19)11-21-15-4-2-3-13(17)9-15/h2-4,9,14,18-19H,5-8,10-12H2,1H3. The Balaban J connectivity index is 1.64. The molecule has 0 aliphatic carbocycles. The Bertz CT molecular complexity index is 435. The highest BCUT2D eigenvalue weighted by atomic mass is 35.5. The van der Waals surface area contributed by atoms with Gasteiger partial charge in [-0.2, -0.15) is 0 Å². The molecule has 1 unspecified atom stereocenters. The first-order valence-electron chi connectivity index (χ1n) is 7.42. The summed E-state index contributed by atoms with van der Waals surface area (Å²) in [5, 5.41) is 13.9. The molecule has 1 aromatic rings. The first kappa shape index (κ1) is 16.6. The van der Waals surface area contributed by atoms with Gasteiger partial charge in [0.1, 0.15) is 18.5 Å². The number of nitrogens with one attached hydrogen (secondary N) is 1. The average Bonchev–Trinajstić information content (AvgIpc) is 2.46. The predicted octanol–water partition coefficient (Wildman–Crippen LogP) is 2.49. The van der Waals surface area contributed by atoms with Crippen LogP contribution in [-0.2, 0) is 4.74 Å². The van der Waals surface area contributed by atoms with Crippen molar-refractivity contribution < 1.29 is 14.6 Å². The molecule has 2 rings (SSSR count). The summed E-state index contributed by atoms with van der Waals surface area (Å²) in [7, 11) is 0. The van der Waals surface area contributed by atoms with E-state index in [4.69, 9.17) is 21.1 Å². The normalized spacial score (nSPS) is 19.2. The number of halogens is 1. The summed E-state index contributed by atoms with van der Waals surface area (Å²) in [6.07, 6.45) is 1.59. The molecule has 5 heteroatoms. The van der Waals surface area contributed by atoms with Crippen LogP contribution in [0.15, 0.2) is 24.3 Å². The van der Waals surface area contributed by atoms with Crippen molar-refractivity contribution in [3.05, 3.63) is 29.3 Å². The second kappa shape index (κ2) is 7.99. The van der Waals surface area contributed by atoms with Crippen molar-refractivity contribution >= 4 is 11.6 Å². The van der Waals surface area contributed by atoms with E-state index in [0.29, 0.717) is 17.3 Å². The van der Waals surface area contributed by atoms with Crippen molar-refractivity contribution in [3.8, 4) is 5.75 Å². The van der Waals surface area contributed by atoms with Crippen LogP contribution < -0.4 is 10.1 Å². The lowest BCUT2D eigenvalue weighted by atomic mass is 9.82. The van der Waals surface area contributed by atoms with Crippen LogP contribution in [-0.4, -0.2) is 44.1 Å². The Morgan fingerprint density at radius 2 is 2.19 bits per heavy atom. The van der Waals surface area contributed by atoms with Crippen LogP contribution in [0, 0.1) is 5.41 Å². The van der Waals surface area contributed by atoms with Crippen molar-refractivity contribution in [2.75, 3.05) is 32.9 Å². The molecule has 4 nitrogen and oxygen atoms in total. The summed E-state index contributed by atoms with van der Waals surface area (Å²) in [5.41, 5.74) is 0.270. The summed E-state index contributed by atoms with van der Waals surface area (Å²) in [6, 6.07) is 7.19. The minimum Gasteiger partial charge on any atom is -0.491 e. The Morgan fingerprint density at radius 3 is 2.90 bits per heavy atom. The fourth-order valence-electron chi connectivity index (χ4n) is 2.39. The summed E-state index contributed by atoms with van der Waals surface area (Å²) < 4.78 is 10.9. The average molecular weight is 314 g/mol. The first-order chi connectivity index (χ1) is 10.1. The van der Waals surface area contributed by atoms with E-state index in [2.05, 4.69) is 12.2 Å². The van der Waals surface area contributed by atoms with E-state index in [9.17, 15) is 5.11 Å². The molecule has 0 bridgehead atoms. The molecule has 1 heterocycles. The maximum absolute atomic E-state index is 9.95. The highest BCUT2D eigenvalue weighted by molar-refractivity contribution is 6.30. The van der Waals surface area contributed by atoms with Crippen molar-refractivity contribution in [3.63, 3.8) is 0 Å². The van der Waals surface area contributed by atoms with E-state index in [0.717, 1.165) is 32.6 Å². The van der Waals surface area contributed by atoms with Gasteiger partial charge in [-0.3, -0.25) is 0 Å². The molecule has 0 saturated carbocycles. The van der Waals surface area contributed by atoms with Gasteiger partial charge in [-0.15, -0.1) is 0 Å². The Labute approximate surface area is 131 Å². The van der Waals surface area contributed by atoms with Crippen LogP contribution in [0.2, 0.25) is 5.02 Å². The third-order valence-corrected chi connectivity index (χ3v) is 4.11. The van der Waals surface area contributed by atoms with E-state index < -0.39 is 6.10 Å². The molecular formula is C16H24ClNO3. The third-order valence-electron chi connectivity index (χ3n) is 3.87. The van der Waals surface area contributed by atoms with Gasteiger partial charge in [-0.05, 0) is 36.5 Å². The number of ether oxygens (including phenoxy) is 2. The summed E-state index contributed by atoms with van der Waals surface area (Å²) in [4.78, 5) is 0. The number of benzene rings is 1. The SMILES string of the molecule is CC1(CNCC(O)COc2cccc(Cl)c2)CCOCC1. The van der Waals surface area contributed by atoms with Gasteiger partial charge in [-0.1, -0.05) is 24.6 Å². The Morgan fingerprint density at radius 1 is 1.43 bits per heavy atom. The van der Waals surface area contributed by atoms with Gasteiger partial charge in [0.15, 0.2) is 0 Å². The molecule has 1 aliphatic heterocycles. The molecule has 0 spiro atoms. The van der Waals surface area contributed by atoms with Crippen LogP contribution >= 0.6 is 11.6 Å². The predicted molar refractivity (Wildman–Crippen MR) is 84.0 cm³/mol. The lowest BCUT2D eigenvalue weighted by molar-refractivity contribution is 0.0217. The van der Waals surface area contributed by atoms with Gasteiger partial charge in [0.05, 0.1) is 0 Å². The van der Waals surface area contributed by atoms with Gasteiger partial charge in [0.2, 0.25) is 0 Å². The van der Waals surface area contributed by atoms with E-state index in [1.54, 1.807) is 12.1 Å². The number of rotatable bonds is 7. The van der Waals surface area contributed by atoms with Crippen LogP contribution in [0.5, 0.6) is 5.75 Å². The molecule has 21 heavy (non-hydrogen) atoms. The molecule has 0 aromatic heterocycles. The minimum absolute atomic E-state index is 0.257. The second-order valence-corrected chi connectivity index (χ2v) is 6.41. The highest BCUT2D eigenvalue weighted by Crippen LogP contribution is 2.28. The molecule has 0 amide bonds. The molecule has 118 valence electrons. The zero-order valence-electron chi connectivity index (χ0n) is 12.5. The molecule has 1 saturated heterocycles. The van der Waals surface area contributed by atoms with E-state index in [1.807, 2.05) is 12.1 Å². The molecule has 0 radical (unpaired) electrons. The summed E-state index contributed by atoms with van der Waals surface area (Å²) in [6.45, 7) is 5.60. The number of hydrogen-bond acceptors (Lipinski definition) is 4. The fourth-order valence-corrected chi connectivity index (χ4v) is 2.57. The van der Waals surface area contributed by atoms with E-state index in [-0.39, 0.29) is 12.0 Å². The lowest BCUT2D eigenvalue weighted by Gasteiger charge is -2.34. The van der Waals surface area contributed by atoms with Crippen LogP contribution in [0.25, 0.3) is 0 Å². The van der Waals surface area contributed by atoms with Gasteiger partial charge in [-0.25, -0.2) is 0 Å². The molecule has 1 aliphatic rings. The molecule has 1 aromatic carbocycles. The van der Waals surface area contributed by atoms with Crippen LogP contribution in [0.3, 0.4) is 0 Å². The smallest absolute Gasteiger partial charge is 0.120 e. The van der Waals surface area contributed by atoms with Gasteiger partial charge < -0.3 is 19.9 Å². The number of hydrogen-bond donors (Lipinski definition) is 2. The zero-order chi connectivity index (χ0) is 15.1. The molecule has 1 atom stereocenters. The largest absolute Gasteiger partial charge is 0.491 e. The number of aliphatic hydroxyl groups excluding tert-OH is 1. The minimum atomic E-state index is -0.535. The van der Waals surface area contributed by atoms with Gasteiger partial charge in [0, 0.05) is 31.3 Å². The number of aliphatic hydroxyl groups is 1. The van der Waals surface area contributed by atoms with E-state index >= 15 is 0 Å². The van der Waals surface area contributed by atoms with Gasteiger partial charge in [0.25, 0.3) is 0 Å². The van der Waals surface area contributed by atoms with Crippen molar-refractivity contribution in [1.29, 1.82) is 0 Å². The lowest BCUT2D eigenvalue weighted by Crippen LogP contribution is -2.40. The van der Waals surface area contributed by atoms with Crippen molar-refractivity contribution in [2.24, 2.45) is 5.41 Å². The van der Waals surface area contributed by atoms with E-state index in [1.165, 1.54) is 0 Å². The quantitative estimate of drug-likeness (QED) is 0.812. The molecule has 2 N–H and O–H groups in total. The second-order valence-electron chi connectivity index (χ2n) is 5.98. The maximum Gasteiger partial charge on any atom is 0.120 e. The van der Waals surface area contributed by atoms with Crippen LogP contribution in [0.1, 0.15) is 19.8 Å².